The van der Waals surface area contributed by atoms with Crippen LogP contribution in [0.2, 0.25) is 0 Å². The van der Waals surface area contributed by atoms with Crippen molar-refractivity contribution in [1.82, 2.24) is 10.2 Å². The van der Waals surface area contributed by atoms with E-state index in [1.807, 2.05) is 6.07 Å². The Hall–Kier alpha value is -0.800. The number of rotatable bonds is 6. The largest absolute Gasteiger partial charge is 0.472 e. The molecule has 0 spiro atoms. The van der Waals surface area contributed by atoms with Crippen molar-refractivity contribution in [3.63, 3.8) is 0 Å². The van der Waals surface area contributed by atoms with E-state index in [2.05, 4.69) is 24.2 Å². The Bertz CT molecular complexity index is 209. The lowest BCUT2D eigenvalue weighted by molar-refractivity contribution is 0.324. The van der Waals surface area contributed by atoms with Gasteiger partial charge in [-0.1, -0.05) is 6.92 Å². The van der Waals surface area contributed by atoms with Crippen LogP contribution in [0.3, 0.4) is 0 Å². The first kappa shape index (κ1) is 10.3. The highest BCUT2D eigenvalue weighted by Gasteiger charge is 1.99. The molecule has 1 aromatic rings. The Labute approximate surface area is 79.7 Å². The van der Waals surface area contributed by atoms with Gasteiger partial charge >= 0.3 is 0 Å². The maximum atomic E-state index is 5.00. The molecule has 0 bridgehead atoms. The van der Waals surface area contributed by atoms with Crippen LogP contribution in [0.15, 0.2) is 23.0 Å². The van der Waals surface area contributed by atoms with Crippen LogP contribution in [0.1, 0.15) is 12.5 Å². The fraction of sp³-hybridized carbons (Fsp3) is 0.600. The first-order valence-corrected chi connectivity index (χ1v) is 4.73. The molecule has 1 heterocycles. The molecule has 0 aliphatic carbocycles. The molecule has 1 aromatic heterocycles. The van der Waals surface area contributed by atoms with Gasteiger partial charge in [0.15, 0.2) is 0 Å². The third-order valence-corrected chi connectivity index (χ3v) is 1.95. The average Bonchev–Trinajstić information content (AvgIpc) is 2.57. The molecule has 0 fully saturated rings. The molecule has 0 aliphatic rings. The number of furan rings is 1. The molecule has 0 saturated carbocycles. The third kappa shape index (κ3) is 4.10. The second kappa shape index (κ2) is 5.78. The van der Waals surface area contributed by atoms with Crippen LogP contribution in [0.4, 0.5) is 0 Å². The van der Waals surface area contributed by atoms with Crippen molar-refractivity contribution in [2.24, 2.45) is 0 Å². The summed E-state index contributed by atoms with van der Waals surface area (Å²) in [6, 6.07) is 2.00. The number of likely N-dealkylation sites (N-methyl/N-ethyl adjacent to an activating group) is 2. The lowest BCUT2D eigenvalue weighted by Gasteiger charge is -2.15. The van der Waals surface area contributed by atoms with Crippen molar-refractivity contribution in [2.45, 2.75) is 13.5 Å². The molecule has 3 nitrogen and oxygen atoms in total. The van der Waals surface area contributed by atoms with E-state index in [0.717, 1.165) is 26.2 Å². The molecule has 13 heavy (non-hydrogen) atoms. The van der Waals surface area contributed by atoms with Gasteiger partial charge in [0.25, 0.3) is 0 Å². The van der Waals surface area contributed by atoms with Gasteiger partial charge in [0.2, 0.25) is 0 Å². The van der Waals surface area contributed by atoms with Crippen molar-refractivity contribution < 1.29 is 4.42 Å². The summed E-state index contributed by atoms with van der Waals surface area (Å²) in [4.78, 5) is 2.27. The molecule has 0 aromatic carbocycles. The predicted octanol–water partition coefficient (Wildman–Crippen LogP) is 1.32. The number of nitrogens with zero attached hydrogens (tertiary/aromatic N) is 1. The first-order valence-electron chi connectivity index (χ1n) is 4.73. The van der Waals surface area contributed by atoms with Gasteiger partial charge in [-0.3, -0.25) is 0 Å². The van der Waals surface area contributed by atoms with E-state index < -0.39 is 0 Å². The smallest absolute Gasteiger partial charge is 0.0947 e. The van der Waals surface area contributed by atoms with Crippen LogP contribution in [0.25, 0.3) is 0 Å². The SMILES string of the molecule is CCNCCN(C)Cc1ccoc1. The third-order valence-electron chi connectivity index (χ3n) is 1.95. The Morgan fingerprint density at radius 3 is 3.00 bits per heavy atom. The standard InChI is InChI=1S/C10H18N2O/c1-3-11-5-6-12(2)8-10-4-7-13-9-10/h4,7,9,11H,3,5-6,8H2,1-2H3. The summed E-state index contributed by atoms with van der Waals surface area (Å²) in [7, 11) is 2.12. The van der Waals surface area contributed by atoms with Crippen molar-refractivity contribution >= 4 is 0 Å². The predicted molar refractivity (Wildman–Crippen MR) is 53.6 cm³/mol. The highest BCUT2D eigenvalue weighted by Crippen LogP contribution is 2.02. The van der Waals surface area contributed by atoms with Crippen molar-refractivity contribution in [3.8, 4) is 0 Å². The number of hydrogen-bond donors (Lipinski definition) is 1. The molecule has 74 valence electrons. The Balaban J connectivity index is 2.14. The van der Waals surface area contributed by atoms with Gasteiger partial charge in [-0.2, -0.15) is 0 Å². The summed E-state index contributed by atoms with van der Waals surface area (Å²) in [5.74, 6) is 0. The van der Waals surface area contributed by atoms with Crippen LogP contribution >= 0.6 is 0 Å². The van der Waals surface area contributed by atoms with Crippen LogP contribution in [0, 0.1) is 0 Å². The Morgan fingerprint density at radius 1 is 1.54 bits per heavy atom. The Morgan fingerprint density at radius 2 is 2.38 bits per heavy atom. The summed E-state index contributed by atoms with van der Waals surface area (Å²) >= 11 is 0. The fourth-order valence-electron chi connectivity index (χ4n) is 1.22. The maximum Gasteiger partial charge on any atom is 0.0947 e. The van der Waals surface area contributed by atoms with Crippen LogP contribution in [0.5, 0.6) is 0 Å². The van der Waals surface area contributed by atoms with Crippen molar-refractivity contribution in [2.75, 3.05) is 26.7 Å². The van der Waals surface area contributed by atoms with E-state index in [4.69, 9.17) is 4.42 Å². The average molecular weight is 182 g/mol. The zero-order chi connectivity index (χ0) is 9.52. The molecule has 0 radical (unpaired) electrons. The fourth-order valence-corrected chi connectivity index (χ4v) is 1.22. The summed E-state index contributed by atoms with van der Waals surface area (Å²) in [5, 5.41) is 3.29. The molecule has 1 N–H and O–H groups in total. The van der Waals surface area contributed by atoms with Gasteiger partial charge in [0.05, 0.1) is 12.5 Å². The quantitative estimate of drug-likeness (QED) is 0.673. The zero-order valence-electron chi connectivity index (χ0n) is 8.42. The van der Waals surface area contributed by atoms with Gasteiger partial charge in [-0.25, -0.2) is 0 Å². The molecule has 0 atom stereocenters. The molecule has 1 rings (SSSR count). The molecule has 0 aliphatic heterocycles. The second-order valence-corrected chi connectivity index (χ2v) is 3.22. The minimum absolute atomic E-state index is 0.960. The molecule has 0 saturated heterocycles. The van der Waals surface area contributed by atoms with E-state index in [9.17, 15) is 0 Å². The maximum absolute atomic E-state index is 5.00. The zero-order valence-corrected chi connectivity index (χ0v) is 8.42. The van der Waals surface area contributed by atoms with Gasteiger partial charge in [0.1, 0.15) is 0 Å². The lowest BCUT2D eigenvalue weighted by atomic mass is 10.3. The molecule has 3 heteroatoms. The number of hydrogen-bond acceptors (Lipinski definition) is 3. The molecular weight excluding hydrogens is 164 g/mol. The van der Waals surface area contributed by atoms with Gasteiger partial charge in [-0.15, -0.1) is 0 Å². The summed E-state index contributed by atoms with van der Waals surface area (Å²) in [5.41, 5.74) is 1.24. The van der Waals surface area contributed by atoms with E-state index in [1.54, 1.807) is 12.5 Å². The van der Waals surface area contributed by atoms with Crippen molar-refractivity contribution in [3.05, 3.63) is 24.2 Å². The number of nitrogens with one attached hydrogen (secondary N) is 1. The van der Waals surface area contributed by atoms with E-state index in [1.165, 1.54) is 5.56 Å². The van der Waals surface area contributed by atoms with Gasteiger partial charge in [-0.05, 0) is 19.7 Å². The lowest BCUT2D eigenvalue weighted by Crippen LogP contribution is -2.28. The van der Waals surface area contributed by atoms with Gasteiger partial charge in [0, 0.05) is 25.2 Å². The topological polar surface area (TPSA) is 28.4 Å². The van der Waals surface area contributed by atoms with E-state index in [-0.39, 0.29) is 0 Å². The summed E-state index contributed by atoms with van der Waals surface area (Å²) in [6.07, 6.45) is 3.51. The molecule has 0 unspecified atom stereocenters. The van der Waals surface area contributed by atoms with Crippen molar-refractivity contribution in [1.29, 1.82) is 0 Å². The minimum Gasteiger partial charge on any atom is -0.472 e. The minimum atomic E-state index is 0.960. The Kier molecular flexibility index (Phi) is 4.57. The second-order valence-electron chi connectivity index (χ2n) is 3.22. The summed E-state index contributed by atoms with van der Waals surface area (Å²) < 4.78 is 5.00. The highest BCUT2D eigenvalue weighted by molar-refractivity contribution is 5.04. The van der Waals surface area contributed by atoms with E-state index in [0.29, 0.717) is 0 Å². The van der Waals surface area contributed by atoms with Crippen LogP contribution in [-0.4, -0.2) is 31.6 Å². The molecular formula is C10H18N2O. The normalized spacial score (nSPS) is 11.0. The van der Waals surface area contributed by atoms with Crippen LogP contribution < -0.4 is 5.32 Å². The van der Waals surface area contributed by atoms with Gasteiger partial charge < -0.3 is 14.6 Å². The highest BCUT2D eigenvalue weighted by atomic mass is 16.3. The molecule has 0 amide bonds. The van der Waals surface area contributed by atoms with E-state index >= 15 is 0 Å². The summed E-state index contributed by atoms with van der Waals surface area (Å²) in [6.45, 7) is 6.24. The monoisotopic (exact) mass is 182 g/mol. The van der Waals surface area contributed by atoms with Crippen LogP contribution in [-0.2, 0) is 6.54 Å². The first-order chi connectivity index (χ1) is 6.33.